The summed E-state index contributed by atoms with van der Waals surface area (Å²) in [5.74, 6) is 1.67. The fourth-order valence-corrected chi connectivity index (χ4v) is 2.23. The molecule has 3 nitrogen and oxygen atoms in total. The van der Waals surface area contributed by atoms with Crippen LogP contribution in [-0.4, -0.2) is 17.3 Å². The molecule has 2 aromatic rings. The third-order valence-corrected chi connectivity index (χ3v) is 3.23. The van der Waals surface area contributed by atoms with Crippen molar-refractivity contribution >= 4 is 0 Å². The number of aliphatic hydroxyl groups excluding tert-OH is 1. The van der Waals surface area contributed by atoms with Crippen LogP contribution in [0.2, 0.25) is 0 Å². The Morgan fingerprint density at radius 1 is 1.00 bits per heavy atom. The first-order valence-corrected chi connectivity index (χ1v) is 7.37. The molecule has 0 saturated carbocycles. The quantitative estimate of drug-likeness (QED) is 0.814. The highest BCUT2D eigenvalue weighted by atomic mass is 16.5. The summed E-state index contributed by atoms with van der Waals surface area (Å²) in [6.07, 6.45) is 0.473. The van der Waals surface area contributed by atoms with Crippen LogP contribution in [0.3, 0.4) is 0 Å². The van der Waals surface area contributed by atoms with Crippen LogP contribution in [0.1, 0.15) is 25.8 Å². The molecular formula is C18H23NO2. The number of aliphatic hydroxyl groups is 1. The van der Waals surface area contributed by atoms with Crippen LogP contribution >= 0.6 is 0 Å². The van der Waals surface area contributed by atoms with E-state index in [9.17, 15) is 5.11 Å². The predicted octanol–water partition coefficient (Wildman–Crippen LogP) is 3.73. The molecule has 3 heteroatoms. The highest BCUT2D eigenvalue weighted by Gasteiger charge is 2.06. The van der Waals surface area contributed by atoms with E-state index in [-0.39, 0.29) is 12.1 Å². The number of nitrogens with one attached hydrogen (secondary N) is 1. The summed E-state index contributed by atoms with van der Waals surface area (Å²) < 4.78 is 5.82. The molecule has 0 saturated heterocycles. The van der Waals surface area contributed by atoms with Crippen LogP contribution in [0.4, 0.5) is 0 Å². The minimum Gasteiger partial charge on any atom is -0.457 e. The van der Waals surface area contributed by atoms with E-state index in [0.717, 1.165) is 24.5 Å². The zero-order valence-electron chi connectivity index (χ0n) is 12.6. The Hall–Kier alpha value is -1.84. The lowest BCUT2D eigenvalue weighted by Gasteiger charge is -2.15. The monoisotopic (exact) mass is 285 g/mol. The highest BCUT2D eigenvalue weighted by molar-refractivity contribution is 5.33. The Morgan fingerprint density at radius 3 is 2.43 bits per heavy atom. The lowest BCUT2D eigenvalue weighted by molar-refractivity contribution is 0.170. The van der Waals surface area contributed by atoms with Gasteiger partial charge in [-0.05, 0) is 50.1 Å². The first-order valence-electron chi connectivity index (χ1n) is 7.37. The topological polar surface area (TPSA) is 41.5 Å². The van der Waals surface area contributed by atoms with E-state index < -0.39 is 0 Å². The Labute approximate surface area is 126 Å². The van der Waals surface area contributed by atoms with Gasteiger partial charge in [-0.2, -0.15) is 0 Å². The van der Waals surface area contributed by atoms with Gasteiger partial charge >= 0.3 is 0 Å². The van der Waals surface area contributed by atoms with Gasteiger partial charge in [0.25, 0.3) is 0 Å². The molecule has 21 heavy (non-hydrogen) atoms. The zero-order valence-corrected chi connectivity index (χ0v) is 12.6. The van der Waals surface area contributed by atoms with Gasteiger partial charge in [0.1, 0.15) is 11.5 Å². The van der Waals surface area contributed by atoms with Crippen molar-refractivity contribution in [3.63, 3.8) is 0 Å². The number of hydrogen-bond acceptors (Lipinski definition) is 3. The fourth-order valence-electron chi connectivity index (χ4n) is 2.23. The largest absolute Gasteiger partial charge is 0.457 e. The van der Waals surface area contributed by atoms with Crippen molar-refractivity contribution < 1.29 is 9.84 Å². The maximum atomic E-state index is 9.37. The minimum absolute atomic E-state index is 0.278. The number of ether oxygens (including phenoxy) is 1. The molecule has 2 N–H and O–H groups in total. The first kappa shape index (κ1) is 15.5. The number of benzene rings is 2. The van der Waals surface area contributed by atoms with Crippen LogP contribution in [-0.2, 0) is 6.54 Å². The van der Waals surface area contributed by atoms with Crippen molar-refractivity contribution in [1.82, 2.24) is 5.32 Å². The molecule has 0 amide bonds. The average Bonchev–Trinajstić information content (AvgIpc) is 2.46. The molecule has 0 bridgehead atoms. The second-order valence-corrected chi connectivity index (χ2v) is 5.43. The molecule has 0 aliphatic carbocycles. The number of para-hydroxylation sites is 1. The lowest BCUT2D eigenvalue weighted by Crippen LogP contribution is -2.28. The van der Waals surface area contributed by atoms with Crippen LogP contribution in [0.15, 0.2) is 54.6 Å². The summed E-state index contributed by atoms with van der Waals surface area (Å²) >= 11 is 0. The fraction of sp³-hybridized carbons (Fsp3) is 0.333. The van der Waals surface area contributed by atoms with Gasteiger partial charge in [-0.1, -0.05) is 30.3 Å². The Balaban J connectivity index is 1.92. The molecule has 0 aliphatic rings. The summed E-state index contributed by atoms with van der Waals surface area (Å²) in [4.78, 5) is 0. The van der Waals surface area contributed by atoms with Gasteiger partial charge in [-0.25, -0.2) is 0 Å². The maximum Gasteiger partial charge on any atom is 0.127 e. The van der Waals surface area contributed by atoms with Crippen LogP contribution in [0.5, 0.6) is 11.5 Å². The molecule has 0 aliphatic heterocycles. The second kappa shape index (κ2) is 7.81. The zero-order chi connectivity index (χ0) is 15.1. The van der Waals surface area contributed by atoms with Gasteiger partial charge in [0, 0.05) is 12.6 Å². The lowest BCUT2D eigenvalue weighted by atomic mass is 10.1. The van der Waals surface area contributed by atoms with Crippen molar-refractivity contribution in [1.29, 1.82) is 0 Å². The Bertz CT molecular complexity index is 540. The van der Waals surface area contributed by atoms with E-state index in [4.69, 9.17) is 4.74 Å². The molecule has 2 aromatic carbocycles. The van der Waals surface area contributed by atoms with Crippen LogP contribution in [0.25, 0.3) is 0 Å². The Kier molecular flexibility index (Phi) is 5.78. The van der Waals surface area contributed by atoms with E-state index in [2.05, 4.69) is 18.3 Å². The maximum absolute atomic E-state index is 9.37. The van der Waals surface area contributed by atoms with Crippen molar-refractivity contribution in [2.45, 2.75) is 39.0 Å². The molecule has 0 radical (unpaired) electrons. The van der Waals surface area contributed by atoms with Gasteiger partial charge in [0.2, 0.25) is 0 Å². The SMILES string of the molecule is CC(O)CC(C)NCc1cccc(Oc2ccccc2)c1. The van der Waals surface area contributed by atoms with E-state index in [1.165, 1.54) is 5.56 Å². The summed E-state index contributed by atoms with van der Waals surface area (Å²) in [5.41, 5.74) is 1.17. The van der Waals surface area contributed by atoms with E-state index in [1.807, 2.05) is 55.5 Å². The normalized spacial score (nSPS) is 13.7. The van der Waals surface area contributed by atoms with Gasteiger partial charge in [-0.15, -0.1) is 0 Å². The van der Waals surface area contributed by atoms with Crippen LogP contribution in [0, 0.1) is 0 Å². The van der Waals surface area contributed by atoms with Gasteiger partial charge < -0.3 is 15.2 Å². The summed E-state index contributed by atoms with van der Waals surface area (Å²) in [6.45, 7) is 4.66. The smallest absolute Gasteiger partial charge is 0.127 e. The molecule has 0 aromatic heterocycles. The number of hydrogen-bond donors (Lipinski definition) is 2. The molecule has 2 rings (SSSR count). The molecule has 0 heterocycles. The van der Waals surface area contributed by atoms with Crippen molar-refractivity contribution in [2.24, 2.45) is 0 Å². The third kappa shape index (κ3) is 5.58. The molecule has 0 fully saturated rings. The molecular weight excluding hydrogens is 262 g/mol. The molecule has 0 spiro atoms. The van der Waals surface area contributed by atoms with Crippen molar-refractivity contribution in [3.8, 4) is 11.5 Å². The van der Waals surface area contributed by atoms with Gasteiger partial charge in [-0.3, -0.25) is 0 Å². The second-order valence-electron chi connectivity index (χ2n) is 5.43. The van der Waals surface area contributed by atoms with E-state index in [0.29, 0.717) is 0 Å². The van der Waals surface area contributed by atoms with E-state index in [1.54, 1.807) is 0 Å². The minimum atomic E-state index is -0.278. The first-order chi connectivity index (χ1) is 10.1. The Morgan fingerprint density at radius 2 is 1.71 bits per heavy atom. The summed E-state index contributed by atoms with van der Waals surface area (Å²) in [6, 6.07) is 18.1. The van der Waals surface area contributed by atoms with E-state index >= 15 is 0 Å². The standard InChI is InChI=1S/C18H23NO2/c1-14(11-15(2)20)19-13-16-7-6-10-18(12-16)21-17-8-4-3-5-9-17/h3-10,12,14-15,19-20H,11,13H2,1-2H3. The van der Waals surface area contributed by atoms with Crippen LogP contribution < -0.4 is 10.1 Å². The third-order valence-electron chi connectivity index (χ3n) is 3.23. The summed E-state index contributed by atoms with van der Waals surface area (Å²) in [5, 5.41) is 12.8. The highest BCUT2D eigenvalue weighted by Crippen LogP contribution is 2.21. The average molecular weight is 285 g/mol. The number of rotatable bonds is 7. The predicted molar refractivity (Wildman–Crippen MR) is 85.6 cm³/mol. The molecule has 2 atom stereocenters. The molecule has 112 valence electrons. The van der Waals surface area contributed by atoms with Crippen molar-refractivity contribution in [2.75, 3.05) is 0 Å². The van der Waals surface area contributed by atoms with Gasteiger partial charge in [0.05, 0.1) is 6.10 Å². The molecule has 2 unspecified atom stereocenters. The van der Waals surface area contributed by atoms with Gasteiger partial charge in [0.15, 0.2) is 0 Å². The summed E-state index contributed by atoms with van der Waals surface area (Å²) in [7, 11) is 0. The van der Waals surface area contributed by atoms with Crippen molar-refractivity contribution in [3.05, 3.63) is 60.2 Å².